The van der Waals surface area contributed by atoms with E-state index in [0.717, 1.165) is 21.8 Å². The van der Waals surface area contributed by atoms with E-state index in [4.69, 9.17) is 4.74 Å². The molecule has 25 heavy (non-hydrogen) atoms. The maximum absolute atomic E-state index is 12.6. The average molecular weight is 332 g/mol. The zero-order chi connectivity index (χ0) is 17.4. The monoisotopic (exact) mass is 332 g/mol. The Kier molecular flexibility index (Phi) is 3.54. The molecule has 5 nitrogen and oxygen atoms in total. The molecule has 0 atom stereocenters. The SMILES string of the molecule is COc1ccc(NC(=O)c2cc3c(cc2O)[nH]c2ccccc23)cc1. The van der Waals surface area contributed by atoms with Crippen LogP contribution in [-0.2, 0) is 0 Å². The van der Waals surface area contributed by atoms with Gasteiger partial charge in [-0.3, -0.25) is 4.79 Å². The summed E-state index contributed by atoms with van der Waals surface area (Å²) in [5, 5.41) is 15.0. The number of aromatic hydroxyl groups is 1. The van der Waals surface area contributed by atoms with Gasteiger partial charge in [0.1, 0.15) is 11.5 Å². The van der Waals surface area contributed by atoms with Crippen molar-refractivity contribution in [2.45, 2.75) is 0 Å². The summed E-state index contributed by atoms with van der Waals surface area (Å²) in [7, 11) is 1.59. The van der Waals surface area contributed by atoms with Crippen LogP contribution in [0.15, 0.2) is 60.7 Å². The van der Waals surface area contributed by atoms with Gasteiger partial charge in [-0.15, -0.1) is 0 Å². The largest absolute Gasteiger partial charge is 0.507 e. The number of fused-ring (bicyclic) bond motifs is 3. The first-order valence-corrected chi connectivity index (χ1v) is 7.84. The molecule has 0 aliphatic heterocycles. The first-order valence-electron chi connectivity index (χ1n) is 7.84. The fraction of sp³-hybridized carbons (Fsp3) is 0.0500. The summed E-state index contributed by atoms with van der Waals surface area (Å²) in [6, 6.07) is 18.1. The molecule has 4 aromatic rings. The third-order valence-corrected chi connectivity index (χ3v) is 4.21. The summed E-state index contributed by atoms with van der Waals surface area (Å²) in [6.45, 7) is 0. The maximum atomic E-state index is 12.6. The Labute approximate surface area is 143 Å². The third-order valence-electron chi connectivity index (χ3n) is 4.21. The number of benzene rings is 3. The fourth-order valence-corrected chi connectivity index (χ4v) is 2.94. The highest BCUT2D eigenvalue weighted by Crippen LogP contribution is 2.31. The van der Waals surface area contributed by atoms with Crippen LogP contribution < -0.4 is 10.1 Å². The van der Waals surface area contributed by atoms with Crippen molar-refractivity contribution < 1.29 is 14.6 Å². The molecule has 0 unspecified atom stereocenters. The van der Waals surface area contributed by atoms with Crippen LogP contribution in [0.25, 0.3) is 21.8 Å². The summed E-state index contributed by atoms with van der Waals surface area (Å²) in [4.78, 5) is 15.8. The van der Waals surface area contributed by atoms with Gasteiger partial charge in [0.15, 0.2) is 0 Å². The first kappa shape index (κ1) is 15.1. The van der Waals surface area contributed by atoms with Gasteiger partial charge in [0.05, 0.1) is 18.2 Å². The van der Waals surface area contributed by atoms with Crippen molar-refractivity contribution >= 4 is 33.4 Å². The van der Waals surface area contributed by atoms with E-state index in [0.29, 0.717) is 11.4 Å². The molecule has 5 heteroatoms. The lowest BCUT2D eigenvalue weighted by atomic mass is 10.1. The molecular formula is C20H16N2O3. The molecule has 4 rings (SSSR count). The number of rotatable bonds is 3. The van der Waals surface area contributed by atoms with Crippen molar-refractivity contribution in [3.05, 3.63) is 66.2 Å². The first-order chi connectivity index (χ1) is 12.2. The second-order valence-corrected chi connectivity index (χ2v) is 5.77. The number of para-hydroxylation sites is 1. The summed E-state index contributed by atoms with van der Waals surface area (Å²) in [5.41, 5.74) is 2.61. The second kappa shape index (κ2) is 5.87. The Morgan fingerprint density at radius 1 is 1.00 bits per heavy atom. The van der Waals surface area contributed by atoms with Crippen molar-refractivity contribution in [1.82, 2.24) is 4.98 Å². The minimum Gasteiger partial charge on any atom is -0.507 e. The van der Waals surface area contributed by atoms with Crippen LogP contribution >= 0.6 is 0 Å². The van der Waals surface area contributed by atoms with Crippen molar-refractivity contribution in [2.24, 2.45) is 0 Å². The smallest absolute Gasteiger partial charge is 0.259 e. The predicted molar refractivity (Wildman–Crippen MR) is 98.4 cm³/mol. The van der Waals surface area contributed by atoms with E-state index >= 15 is 0 Å². The number of H-pyrrole nitrogens is 1. The van der Waals surface area contributed by atoms with E-state index in [2.05, 4.69) is 10.3 Å². The van der Waals surface area contributed by atoms with Crippen LogP contribution in [-0.4, -0.2) is 23.1 Å². The highest BCUT2D eigenvalue weighted by atomic mass is 16.5. The number of phenols is 1. The van der Waals surface area contributed by atoms with Crippen molar-refractivity contribution in [3.8, 4) is 11.5 Å². The van der Waals surface area contributed by atoms with E-state index < -0.39 is 0 Å². The van der Waals surface area contributed by atoms with E-state index in [1.165, 1.54) is 0 Å². The number of carbonyl (C=O) groups is 1. The maximum Gasteiger partial charge on any atom is 0.259 e. The Balaban J connectivity index is 1.72. The molecule has 0 aliphatic carbocycles. The van der Waals surface area contributed by atoms with Gasteiger partial charge >= 0.3 is 0 Å². The average Bonchev–Trinajstić information content (AvgIpc) is 2.98. The van der Waals surface area contributed by atoms with Crippen LogP contribution in [0.5, 0.6) is 11.5 Å². The predicted octanol–water partition coefficient (Wildman–Crippen LogP) is 4.29. The minimum atomic E-state index is -0.366. The number of aromatic amines is 1. The number of phenolic OH excluding ortho intramolecular Hbond substituents is 1. The summed E-state index contributed by atoms with van der Waals surface area (Å²) in [6.07, 6.45) is 0. The molecule has 3 aromatic carbocycles. The quantitative estimate of drug-likeness (QED) is 0.524. The van der Waals surface area contributed by atoms with E-state index in [1.54, 1.807) is 43.5 Å². The van der Waals surface area contributed by atoms with Gasteiger partial charge in [0.2, 0.25) is 0 Å². The molecule has 0 spiro atoms. The van der Waals surface area contributed by atoms with Gasteiger partial charge in [-0.05, 0) is 36.4 Å². The lowest BCUT2D eigenvalue weighted by Gasteiger charge is -2.08. The highest BCUT2D eigenvalue weighted by Gasteiger charge is 2.15. The number of aromatic nitrogens is 1. The number of nitrogens with one attached hydrogen (secondary N) is 2. The molecule has 0 radical (unpaired) electrons. The number of hydrogen-bond acceptors (Lipinski definition) is 3. The van der Waals surface area contributed by atoms with Gasteiger partial charge in [-0.1, -0.05) is 18.2 Å². The minimum absolute atomic E-state index is 0.0648. The lowest BCUT2D eigenvalue weighted by molar-refractivity contribution is 0.102. The molecule has 3 N–H and O–H groups in total. The normalized spacial score (nSPS) is 10.9. The molecular weight excluding hydrogens is 316 g/mol. The number of anilines is 1. The van der Waals surface area contributed by atoms with E-state index in [-0.39, 0.29) is 17.2 Å². The molecule has 124 valence electrons. The Morgan fingerprint density at radius 2 is 1.76 bits per heavy atom. The van der Waals surface area contributed by atoms with Crippen molar-refractivity contribution in [1.29, 1.82) is 0 Å². The van der Waals surface area contributed by atoms with Gasteiger partial charge < -0.3 is 20.1 Å². The summed E-state index contributed by atoms with van der Waals surface area (Å²) in [5.74, 6) is 0.279. The van der Waals surface area contributed by atoms with Gasteiger partial charge in [0, 0.05) is 28.0 Å². The van der Waals surface area contributed by atoms with Gasteiger partial charge in [-0.2, -0.15) is 0 Å². The summed E-state index contributed by atoms with van der Waals surface area (Å²) >= 11 is 0. The second-order valence-electron chi connectivity index (χ2n) is 5.77. The Morgan fingerprint density at radius 3 is 2.52 bits per heavy atom. The van der Waals surface area contributed by atoms with Crippen molar-refractivity contribution in [2.75, 3.05) is 12.4 Å². The molecule has 0 fully saturated rings. The Bertz CT molecular complexity index is 1080. The fourth-order valence-electron chi connectivity index (χ4n) is 2.94. The van der Waals surface area contributed by atoms with Crippen LogP contribution in [0.2, 0.25) is 0 Å². The number of amides is 1. The molecule has 0 bridgehead atoms. The van der Waals surface area contributed by atoms with E-state index in [9.17, 15) is 9.90 Å². The van der Waals surface area contributed by atoms with Crippen LogP contribution in [0.1, 0.15) is 10.4 Å². The number of carbonyl (C=O) groups excluding carboxylic acids is 1. The van der Waals surface area contributed by atoms with Crippen LogP contribution in [0, 0.1) is 0 Å². The molecule has 0 saturated heterocycles. The third kappa shape index (κ3) is 2.65. The highest BCUT2D eigenvalue weighted by molar-refractivity contribution is 6.13. The van der Waals surface area contributed by atoms with Crippen LogP contribution in [0.4, 0.5) is 5.69 Å². The molecule has 1 amide bonds. The van der Waals surface area contributed by atoms with Crippen LogP contribution in [0.3, 0.4) is 0 Å². The van der Waals surface area contributed by atoms with Gasteiger partial charge in [-0.25, -0.2) is 0 Å². The topological polar surface area (TPSA) is 74.3 Å². The number of methoxy groups -OCH3 is 1. The number of hydrogen-bond donors (Lipinski definition) is 3. The Hall–Kier alpha value is -3.47. The molecule has 0 saturated carbocycles. The standard InChI is InChI=1S/C20H16N2O3/c1-25-13-8-6-12(7-9-13)21-20(24)16-10-15-14-4-2-3-5-17(14)22-18(15)11-19(16)23/h2-11,22-23H,1H3,(H,21,24). The van der Waals surface area contributed by atoms with Gasteiger partial charge in [0.25, 0.3) is 5.91 Å². The zero-order valence-corrected chi connectivity index (χ0v) is 13.5. The molecule has 0 aliphatic rings. The number of ether oxygens (including phenoxy) is 1. The zero-order valence-electron chi connectivity index (χ0n) is 13.5. The van der Waals surface area contributed by atoms with E-state index in [1.807, 2.05) is 24.3 Å². The van der Waals surface area contributed by atoms with Crippen molar-refractivity contribution in [3.63, 3.8) is 0 Å². The summed E-state index contributed by atoms with van der Waals surface area (Å²) < 4.78 is 5.10. The molecule has 1 heterocycles. The molecule has 1 aromatic heterocycles. The lowest BCUT2D eigenvalue weighted by Crippen LogP contribution is -2.12.